The number of aromatic nitrogens is 3. The maximum Gasteiger partial charge on any atom is 0.130 e. The highest BCUT2D eigenvalue weighted by Crippen LogP contribution is 2.25. The van der Waals surface area contributed by atoms with E-state index in [2.05, 4.69) is 40.4 Å². The van der Waals surface area contributed by atoms with Gasteiger partial charge in [-0.1, -0.05) is 12.1 Å². The normalized spacial score (nSPS) is 12.5. The van der Waals surface area contributed by atoms with Crippen LogP contribution in [0.3, 0.4) is 0 Å². The van der Waals surface area contributed by atoms with Crippen LogP contribution >= 0.6 is 0 Å². The van der Waals surface area contributed by atoms with Crippen molar-refractivity contribution in [3.8, 4) is 0 Å². The van der Waals surface area contributed by atoms with E-state index in [0.717, 1.165) is 16.9 Å². The number of imidazole rings is 1. The molecule has 0 spiro atoms. The molecule has 4 heteroatoms. The molecule has 96 valence electrons. The minimum atomic E-state index is 0.144. The van der Waals surface area contributed by atoms with Gasteiger partial charge in [0, 0.05) is 42.9 Å². The molecule has 1 atom stereocenters. The number of rotatable bonds is 3. The largest absolute Gasteiger partial charge is 0.375 e. The van der Waals surface area contributed by atoms with E-state index in [9.17, 15) is 0 Å². The van der Waals surface area contributed by atoms with Gasteiger partial charge in [0.1, 0.15) is 5.82 Å². The quantitative estimate of drug-likeness (QED) is 0.778. The second kappa shape index (κ2) is 4.72. The minimum absolute atomic E-state index is 0.144. The number of pyridine rings is 1. The van der Waals surface area contributed by atoms with Crippen molar-refractivity contribution < 1.29 is 0 Å². The summed E-state index contributed by atoms with van der Waals surface area (Å²) in [5.74, 6) is 1.01. The van der Waals surface area contributed by atoms with E-state index in [1.165, 1.54) is 5.39 Å². The first-order valence-electron chi connectivity index (χ1n) is 6.32. The number of nitrogens with one attached hydrogen (secondary N) is 1. The van der Waals surface area contributed by atoms with E-state index < -0.39 is 0 Å². The fourth-order valence-electron chi connectivity index (χ4n) is 2.33. The summed E-state index contributed by atoms with van der Waals surface area (Å²) in [7, 11) is 2.01. The first kappa shape index (κ1) is 11.7. The van der Waals surface area contributed by atoms with Crippen molar-refractivity contribution in [2.75, 3.05) is 5.32 Å². The molecule has 19 heavy (non-hydrogen) atoms. The van der Waals surface area contributed by atoms with Gasteiger partial charge in [-0.2, -0.15) is 0 Å². The highest BCUT2D eigenvalue weighted by Gasteiger charge is 2.11. The first-order valence-corrected chi connectivity index (χ1v) is 6.32. The van der Waals surface area contributed by atoms with E-state index in [-0.39, 0.29) is 6.04 Å². The Bertz CT molecular complexity index is 697. The lowest BCUT2D eigenvalue weighted by Crippen LogP contribution is -2.12. The molecule has 4 nitrogen and oxygen atoms in total. The molecule has 1 N–H and O–H groups in total. The molecule has 2 aromatic heterocycles. The Hall–Kier alpha value is -2.36. The number of fused-ring (bicyclic) bond motifs is 1. The van der Waals surface area contributed by atoms with Crippen molar-refractivity contribution in [3.05, 3.63) is 54.9 Å². The Labute approximate surface area is 112 Å². The van der Waals surface area contributed by atoms with Gasteiger partial charge >= 0.3 is 0 Å². The van der Waals surface area contributed by atoms with Crippen molar-refractivity contribution in [3.63, 3.8) is 0 Å². The molecule has 0 amide bonds. The van der Waals surface area contributed by atoms with Crippen molar-refractivity contribution in [1.82, 2.24) is 14.5 Å². The zero-order valence-corrected chi connectivity index (χ0v) is 11.0. The van der Waals surface area contributed by atoms with Crippen LogP contribution in [0.4, 0.5) is 5.69 Å². The average Bonchev–Trinajstić information content (AvgIpc) is 2.85. The van der Waals surface area contributed by atoms with Crippen LogP contribution in [0.5, 0.6) is 0 Å². The standard InChI is InChI=1S/C15H16N4/c1-11(15-17-8-9-19(15)2)18-14-5-3-4-12-6-7-16-10-13(12)14/h3-11,18H,1-2H3. The molecule has 0 saturated heterocycles. The summed E-state index contributed by atoms with van der Waals surface area (Å²) in [6, 6.07) is 8.38. The zero-order valence-electron chi connectivity index (χ0n) is 11.0. The summed E-state index contributed by atoms with van der Waals surface area (Å²) in [5, 5.41) is 5.82. The second-order valence-corrected chi connectivity index (χ2v) is 4.66. The van der Waals surface area contributed by atoms with Crippen molar-refractivity contribution in [2.45, 2.75) is 13.0 Å². The zero-order chi connectivity index (χ0) is 13.2. The van der Waals surface area contributed by atoms with Gasteiger partial charge in [0.25, 0.3) is 0 Å². The molecule has 3 aromatic rings. The van der Waals surface area contributed by atoms with Crippen LogP contribution in [-0.2, 0) is 7.05 Å². The third kappa shape index (κ3) is 2.17. The number of hydrogen-bond acceptors (Lipinski definition) is 3. The molecule has 0 aliphatic carbocycles. The van der Waals surface area contributed by atoms with Crippen LogP contribution in [-0.4, -0.2) is 14.5 Å². The molecular weight excluding hydrogens is 236 g/mol. The van der Waals surface area contributed by atoms with Crippen molar-refractivity contribution in [1.29, 1.82) is 0 Å². The molecule has 1 aromatic carbocycles. The third-order valence-corrected chi connectivity index (χ3v) is 3.30. The molecule has 0 fully saturated rings. The minimum Gasteiger partial charge on any atom is -0.375 e. The first-order chi connectivity index (χ1) is 9.25. The number of hydrogen-bond donors (Lipinski definition) is 1. The van der Waals surface area contributed by atoms with Crippen molar-refractivity contribution in [2.24, 2.45) is 7.05 Å². The smallest absolute Gasteiger partial charge is 0.130 e. The summed E-state index contributed by atoms with van der Waals surface area (Å²) < 4.78 is 2.03. The lowest BCUT2D eigenvalue weighted by atomic mass is 10.1. The predicted octanol–water partition coefficient (Wildman–Crippen LogP) is 3.14. The fourth-order valence-corrected chi connectivity index (χ4v) is 2.33. The number of anilines is 1. The Morgan fingerprint density at radius 1 is 1.21 bits per heavy atom. The van der Waals surface area contributed by atoms with Gasteiger partial charge in [-0.05, 0) is 24.4 Å². The Morgan fingerprint density at radius 3 is 2.89 bits per heavy atom. The summed E-state index contributed by atoms with van der Waals surface area (Å²) in [6.07, 6.45) is 7.48. The number of aryl methyl sites for hydroxylation is 1. The lowest BCUT2D eigenvalue weighted by molar-refractivity contribution is 0.722. The van der Waals surface area contributed by atoms with Gasteiger partial charge in [-0.15, -0.1) is 0 Å². The number of benzene rings is 1. The van der Waals surface area contributed by atoms with Gasteiger partial charge < -0.3 is 9.88 Å². The monoisotopic (exact) mass is 252 g/mol. The summed E-state index contributed by atoms with van der Waals surface area (Å²) in [5.41, 5.74) is 1.08. The lowest BCUT2D eigenvalue weighted by Gasteiger charge is -2.16. The molecule has 0 bridgehead atoms. The van der Waals surface area contributed by atoms with Crippen molar-refractivity contribution >= 4 is 16.5 Å². The Balaban J connectivity index is 1.96. The molecule has 0 aliphatic rings. The highest BCUT2D eigenvalue weighted by molar-refractivity contribution is 5.93. The summed E-state index contributed by atoms with van der Waals surface area (Å²) in [6.45, 7) is 2.11. The van der Waals surface area contributed by atoms with E-state index in [1.807, 2.05) is 42.5 Å². The van der Waals surface area contributed by atoms with Gasteiger partial charge in [-0.25, -0.2) is 4.98 Å². The highest BCUT2D eigenvalue weighted by atomic mass is 15.1. The fraction of sp³-hybridized carbons (Fsp3) is 0.200. The maximum absolute atomic E-state index is 4.38. The molecule has 0 saturated carbocycles. The van der Waals surface area contributed by atoms with Gasteiger partial charge in [0.15, 0.2) is 0 Å². The van der Waals surface area contributed by atoms with E-state index in [0.29, 0.717) is 0 Å². The summed E-state index contributed by atoms with van der Waals surface area (Å²) in [4.78, 5) is 8.58. The van der Waals surface area contributed by atoms with Crippen LogP contribution < -0.4 is 5.32 Å². The summed E-state index contributed by atoms with van der Waals surface area (Å²) >= 11 is 0. The molecule has 0 radical (unpaired) electrons. The molecule has 3 rings (SSSR count). The topological polar surface area (TPSA) is 42.7 Å². The van der Waals surface area contributed by atoms with Crippen LogP contribution in [0.15, 0.2) is 49.1 Å². The van der Waals surface area contributed by atoms with E-state index in [4.69, 9.17) is 0 Å². The predicted molar refractivity (Wildman–Crippen MR) is 77.0 cm³/mol. The second-order valence-electron chi connectivity index (χ2n) is 4.66. The Kier molecular flexibility index (Phi) is 2.91. The molecule has 0 aliphatic heterocycles. The van der Waals surface area contributed by atoms with E-state index in [1.54, 1.807) is 0 Å². The van der Waals surface area contributed by atoms with E-state index >= 15 is 0 Å². The SMILES string of the molecule is CC(Nc1cccc2ccncc12)c1nccn1C. The molecular formula is C15H16N4. The average molecular weight is 252 g/mol. The number of nitrogens with zero attached hydrogens (tertiary/aromatic N) is 3. The Morgan fingerprint density at radius 2 is 2.11 bits per heavy atom. The third-order valence-electron chi connectivity index (χ3n) is 3.30. The van der Waals surface area contributed by atoms with Crippen LogP contribution in [0.2, 0.25) is 0 Å². The van der Waals surface area contributed by atoms with Crippen LogP contribution in [0.1, 0.15) is 18.8 Å². The molecule has 2 heterocycles. The van der Waals surface area contributed by atoms with Crippen LogP contribution in [0.25, 0.3) is 10.8 Å². The van der Waals surface area contributed by atoms with Gasteiger partial charge in [-0.3, -0.25) is 4.98 Å². The maximum atomic E-state index is 4.38. The van der Waals surface area contributed by atoms with Crippen LogP contribution in [0, 0.1) is 0 Å². The molecule has 1 unspecified atom stereocenters. The van der Waals surface area contributed by atoms with Gasteiger partial charge in [0.05, 0.1) is 6.04 Å². The van der Waals surface area contributed by atoms with Gasteiger partial charge in [0.2, 0.25) is 0 Å².